The Morgan fingerprint density at radius 3 is 2.72 bits per heavy atom. The van der Waals surface area contributed by atoms with E-state index in [1.54, 1.807) is 6.92 Å². The molecule has 1 aromatic rings. The Hall–Kier alpha value is -2.16. The Kier molecular flexibility index (Phi) is 5.86. The summed E-state index contributed by atoms with van der Waals surface area (Å²) < 4.78 is 11.4. The molecule has 3 heterocycles. The lowest BCUT2D eigenvalue weighted by molar-refractivity contribution is -0.187. The second kappa shape index (κ2) is 8.65. The van der Waals surface area contributed by atoms with Crippen LogP contribution in [0.3, 0.4) is 0 Å². The standard InChI is InChI=1S/C24H33N3O5/c1-17-22(29)27-19(13-25-11-10-24(8-9-24)20(28)14-25)7-12-31-21(27)15-26(17)23(30)32-16-18-5-3-2-4-6-18/h2-6,17,19-21,28H,7-16H2,1H3/t17-,19-,20+,21?/m0/s1. The minimum Gasteiger partial charge on any atom is -0.445 e. The number of nitrogens with zero attached hydrogens (tertiary/aromatic N) is 3. The van der Waals surface area contributed by atoms with Crippen LogP contribution in [0.5, 0.6) is 0 Å². The molecule has 32 heavy (non-hydrogen) atoms. The van der Waals surface area contributed by atoms with Crippen LogP contribution >= 0.6 is 0 Å². The number of β-amino-alcohol motifs (C(OH)–C–C–N with tert-alkyl or cyclic N) is 1. The minimum atomic E-state index is -0.597. The van der Waals surface area contributed by atoms with Gasteiger partial charge < -0.3 is 19.5 Å². The van der Waals surface area contributed by atoms with Crippen molar-refractivity contribution in [3.8, 4) is 0 Å². The van der Waals surface area contributed by atoms with Gasteiger partial charge in [0.1, 0.15) is 12.6 Å². The zero-order valence-electron chi connectivity index (χ0n) is 18.7. The molecule has 2 amide bonds. The largest absolute Gasteiger partial charge is 0.445 e. The summed E-state index contributed by atoms with van der Waals surface area (Å²) in [4.78, 5) is 31.7. The maximum atomic E-state index is 13.3. The van der Waals surface area contributed by atoms with Gasteiger partial charge in [0, 0.05) is 19.1 Å². The predicted octanol–water partition coefficient (Wildman–Crippen LogP) is 1.82. The molecule has 1 saturated carbocycles. The topological polar surface area (TPSA) is 82.6 Å². The van der Waals surface area contributed by atoms with Crippen molar-refractivity contribution >= 4 is 12.0 Å². The number of fused-ring (bicyclic) bond motifs is 1. The van der Waals surface area contributed by atoms with E-state index >= 15 is 0 Å². The summed E-state index contributed by atoms with van der Waals surface area (Å²) in [5, 5.41) is 10.5. The highest BCUT2D eigenvalue weighted by molar-refractivity contribution is 5.87. The fraction of sp³-hybridized carbons (Fsp3) is 0.667. The summed E-state index contributed by atoms with van der Waals surface area (Å²) in [5.41, 5.74) is 1.08. The third-order valence-electron chi connectivity index (χ3n) is 7.76. The molecule has 0 radical (unpaired) electrons. The van der Waals surface area contributed by atoms with E-state index in [1.807, 2.05) is 35.2 Å². The molecule has 0 aromatic heterocycles. The predicted molar refractivity (Wildman–Crippen MR) is 117 cm³/mol. The molecule has 1 spiro atoms. The number of likely N-dealkylation sites (tertiary alicyclic amines) is 1. The van der Waals surface area contributed by atoms with Gasteiger partial charge in [-0.1, -0.05) is 30.3 Å². The van der Waals surface area contributed by atoms with Gasteiger partial charge in [0.25, 0.3) is 0 Å². The van der Waals surface area contributed by atoms with Gasteiger partial charge in [-0.25, -0.2) is 4.79 Å². The summed E-state index contributed by atoms with van der Waals surface area (Å²) in [6.07, 6.45) is 2.87. The van der Waals surface area contributed by atoms with Gasteiger partial charge in [-0.15, -0.1) is 0 Å². The number of amides is 2. The van der Waals surface area contributed by atoms with Gasteiger partial charge in [-0.05, 0) is 50.1 Å². The first-order valence-electron chi connectivity index (χ1n) is 11.8. The number of hydrogen-bond donors (Lipinski definition) is 1. The van der Waals surface area contributed by atoms with Crippen LogP contribution in [0.25, 0.3) is 0 Å². The molecule has 5 rings (SSSR count). The average molecular weight is 444 g/mol. The minimum absolute atomic E-state index is 0.0339. The molecular formula is C24H33N3O5. The van der Waals surface area contributed by atoms with Gasteiger partial charge in [0.2, 0.25) is 5.91 Å². The zero-order valence-corrected chi connectivity index (χ0v) is 18.7. The monoisotopic (exact) mass is 443 g/mol. The van der Waals surface area contributed by atoms with Crippen LogP contribution in [-0.4, -0.2) is 89.0 Å². The number of aliphatic hydroxyl groups is 1. The first-order valence-corrected chi connectivity index (χ1v) is 11.8. The lowest BCUT2D eigenvalue weighted by Gasteiger charge is -2.50. The first-order chi connectivity index (χ1) is 15.5. The smallest absolute Gasteiger partial charge is 0.410 e. The van der Waals surface area contributed by atoms with Crippen LogP contribution in [-0.2, 0) is 20.9 Å². The van der Waals surface area contributed by atoms with Crippen molar-refractivity contribution in [1.82, 2.24) is 14.7 Å². The van der Waals surface area contributed by atoms with Gasteiger partial charge >= 0.3 is 6.09 Å². The SMILES string of the molecule is C[C@H]1C(=O)N2C(CN1C(=O)OCc1ccccc1)OCC[C@H]2CN1CCC2(CC2)[C@H](O)C1. The highest BCUT2D eigenvalue weighted by Crippen LogP contribution is 2.53. The van der Waals surface area contributed by atoms with Gasteiger partial charge in [-0.2, -0.15) is 0 Å². The third kappa shape index (κ3) is 4.11. The van der Waals surface area contributed by atoms with Crippen LogP contribution in [0.4, 0.5) is 4.79 Å². The quantitative estimate of drug-likeness (QED) is 0.765. The number of carbonyl (C=O) groups excluding carboxylic acids is 2. The van der Waals surface area contributed by atoms with Crippen LogP contribution in [0.15, 0.2) is 30.3 Å². The lowest BCUT2D eigenvalue weighted by Crippen LogP contribution is -2.68. The van der Waals surface area contributed by atoms with Crippen LogP contribution in [0.1, 0.15) is 38.2 Å². The van der Waals surface area contributed by atoms with Crippen molar-refractivity contribution in [2.24, 2.45) is 5.41 Å². The molecule has 4 atom stereocenters. The van der Waals surface area contributed by atoms with E-state index in [1.165, 1.54) is 4.90 Å². The number of piperidine rings is 1. The Morgan fingerprint density at radius 2 is 2.00 bits per heavy atom. The molecule has 1 aliphatic carbocycles. The van der Waals surface area contributed by atoms with E-state index in [0.29, 0.717) is 19.7 Å². The van der Waals surface area contributed by atoms with Crippen LogP contribution < -0.4 is 0 Å². The second-order valence-corrected chi connectivity index (χ2v) is 9.77. The van der Waals surface area contributed by atoms with Crippen LogP contribution in [0.2, 0.25) is 0 Å². The van der Waals surface area contributed by atoms with Gasteiger partial charge in [0.15, 0.2) is 6.23 Å². The number of piperazine rings is 1. The Bertz CT molecular complexity index is 845. The molecule has 174 valence electrons. The number of carbonyl (C=O) groups is 2. The fourth-order valence-corrected chi connectivity index (χ4v) is 5.43. The molecular weight excluding hydrogens is 410 g/mol. The number of rotatable bonds is 4. The first kappa shape index (κ1) is 21.7. The number of hydrogen-bond acceptors (Lipinski definition) is 6. The van der Waals surface area contributed by atoms with Crippen molar-refractivity contribution in [2.45, 2.75) is 63.6 Å². The summed E-state index contributed by atoms with van der Waals surface area (Å²) in [7, 11) is 0. The molecule has 0 bridgehead atoms. The Balaban J connectivity index is 1.21. The third-order valence-corrected chi connectivity index (χ3v) is 7.76. The lowest BCUT2D eigenvalue weighted by atomic mass is 9.90. The van der Waals surface area contributed by atoms with Crippen molar-refractivity contribution < 1.29 is 24.2 Å². The molecule has 1 unspecified atom stereocenters. The molecule has 1 aromatic carbocycles. The summed E-state index contributed by atoms with van der Waals surface area (Å²) in [6.45, 7) is 5.18. The van der Waals surface area contributed by atoms with Gasteiger partial charge in [0.05, 0.1) is 19.3 Å². The van der Waals surface area contributed by atoms with E-state index in [-0.39, 0.29) is 30.1 Å². The van der Waals surface area contributed by atoms with Crippen LogP contribution in [0, 0.1) is 5.41 Å². The van der Waals surface area contributed by atoms with E-state index in [9.17, 15) is 14.7 Å². The van der Waals surface area contributed by atoms with Crippen molar-refractivity contribution in [2.75, 3.05) is 32.8 Å². The van der Waals surface area contributed by atoms with E-state index in [4.69, 9.17) is 9.47 Å². The molecule has 4 aliphatic rings. The molecule has 3 aliphatic heterocycles. The Labute approximate surface area is 189 Å². The fourth-order valence-electron chi connectivity index (χ4n) is 5.43. The highest BCUT2D eigenvalue weighted by atomic mass is 16.6. The average Bonchev–Trinajstić information content (AvgIpc) is 3.59. The van der Waals surface area contributed by atoms with Crippen molar-refractivity contribution in [3.05, 3.63) is 35.9 Å². The molecule has 8 heteroatoms. The normalized spacial score (nSPS) is 32.0. The van der Waals surface area contributed by atoms with Crippen molar-refractivity contribution in [3.63, 3.8) is 0 Å². The molecule has 1 N–H and O–H groups in total. The summed E-state index contributed by atoms with van der Waals surface area (Å²) in [5.74, 6) is -0.0983. The van der Waals surface area contributed by atoms with E-state index in [0.717, 1.165) is 44.3 Å². The number of ether oxygens (including phenoxy) is 2. The van der Waals surface area contributed by atoms with Gasteiger partial charge in [-0.3, -0.25) is 14.6 Å². The van der Waals surface area contributed by atoms with E-state index < -0.39 is 18.4 Å². The maximum absolute atomic E-state index is 13.3. The highest BCUT2D eigenvalue weighted by Gasteiger charge is 2.52. The maximum Gasteiger partial charge on any atom is 0.410 e. The Morgan fingerprint density at radius 1 is 1.22 bits per heavy atom. The zero-order chi connectivity index (χ0) is 22.3. The number of benzene rings is 1. The second-order valence-electron chi connectivity index (χ2n) is 9.77. The molecule has 3 saturated heterocycles. The molecule has 4 fully saturated rings. The van der Waals surface area contributed by atoms with E-state index in [2.05, 4.69) is 4.90 Å². The van der Waals surface area contributed by atoms with Crippen molar-refractivity contribution in [1.29, 1.82) is 0 Å². The number of aliphatic hydroxyl groups excluding tert-OH is 1. The molecule has 8 nitrogen and oxygen atoms in total. The summed E-state index contributed by atoms with van der Waals surface area (Å²) in [6, 6.07) is 8.95. The summed E-state index contributed by atoms with van der Waals surface area (Å²) >= 11 is 0.